The average molecular weight is 497 g/mol. The van der Waals surface area contributed by atoms with Crippen molar-refractivity contribution in [2.24, 2.45) is 0 Å². The highest BCUT2D eigenvalue weighted by molar-refractivity contribution is 7.89. The smallest absolute Gasteiger partial charge is 0.261 e. The molecule has 1 aliphatic carbocycles. The summed E-state index contributed by atoms with van der Waals surface area (Å²) in [5.41, 5.74) is 1.42. The summed E-state index contributed by atoms with van der Waals surface area (Å²) in [7, 11) is -6.99. The Morgan fingerprint density at radius 3 is 2.21 bits per heavy atom. The van der Waals surface area contributed by atoms with Crippen LogP contribution in [0.3, 0.4) is 0 Å². The first kappa shape index (κ1) is 24.1. The van der Waals surface area contributed by atoms with Gasteiger partial charge in [0.25, 0.3) is 10.0 Å². The molecule has 2 aliphatic rings. The van der Waals surface area contributed by atoms with Crippen molar-refractivity contribution in [3.8, 4) is 0 Å². The second-order valence-electron chi connectivity index (χ2n) is 8.73. The number of pyridine rings is 1. The largest absolute Gasteiger partial charge is 0.381 e. The maximum absolute atomic E-state index is 13.4. The van der Waals surface area contributed by atoms with Crippen LogP contribution >= 0.6 is 0 Å². The Morgan fingerprint density at radius 1 is 1.03 bits per heavy atom. The highest BCUT2D eigenvalue weighted by atomic mass is 32.2. The molecule has 1 N–H and O–H groups in total. The van der Waals surface area contributed by atoms with E-state index >= 15 is 0 Å². The van der Waals surface area contributed by atoms with E-state index in [4.69, 9.17) is 0 Å². The molecule has 180 valence electrons. The van der Waals surface area contributed by atoms with Gasteiger partial charge in [-0.15, -0.1) is 0 Å². The highest BCUT2D eigenvalue weighted by Gasteiger charge is 2.35. The Balaban J connectivity index is 1.44. The number of nitrogens with zero attached hydrogens (tertiary/aromatic N) is 3. The van der Waals surface area contributed by atoms with Crippen LogP contribution in [-0.2, 0) is 26.6 Å². The summed E-state index contributed by atoms with van der Waals surface area (Å²) in [5.74, 6) is -0.358. The number of aromatic nitrogens is 1. The van der Waals surface area contributed by atoms with E-state index in [0.29, 0.717) is 31.6 Å². The van der Waals surface area contributed by atoms with Gasteiger partial charge in [-0.3, -0.25) is 0 Å². The van der Waals surface area contributed by atoms with E-state index in [1.807, 2.05) is 0 Å². The lowest BCUT2D eigenvalue weighted by molar-refractivity contribution is 0.213. The molecule has 4 rings (SSSR count). The Labute approximate surface area is 194 Å². The van der Waals surface area contributed by atoms with E-state index in [2.05, 4.69) is 10.3 Å². The van der Waals surface area contributed by atoms with Gasteiger partial charge in [0, 0.05) is 31.7 Å². The number of piperidine rings is 1. The van der Waals surface area contributed by atoms with Crippen molar-refractivity contribution in [1.82, 2.24) is 13.6 Å². The van der Waals surface area contributed by atoms with Crippen molar-refractivity contribution >= 4 is 25.7 Å². The maximum atomic E-state index is 13.4. The second kappa shape index (κ2) is 9.65. The van der Waals surface area contributed by atoms with Gasteiger partial charge in [0.2, 0.25) is 10.0 Å². The van der Waals surface area contributed by atoms with E-state index in [0.717, 1.165) is 24.8 Å². The SMILES string of the molecule is CS(=O)(=O)N1CCC(Nc2ccc(S(=O)(=O)N(Cc3ccc(F)cc3)C3CCC3)nc2)CC1. The topological polar surface area (TPSA) is 99.7 Å². The monoisotopic (exact) mass is 496 g/mol. The van der Waals surface area contributed by atoms with E-state index < -0.39 is 20.0 Å². The number of hydrogen-bond acceptors (Lipinski definition) is 6. The molecule has 0 unspecified atom stereocenters. The zero-order valence-corrected chi connectivity index (χ0v) is 20.2. The first-order chi connectivity index (χ1) is 15.6. The molecule has 33 heavy (non-hydrogen) atoms. The minimum atomic E-state index is -3.82. The molecule has 0 amide bonds. The zero-order chi connectivity index (χ0) is 23.6. The molecule has 1 aromatic carbocycles. The molecular formula is C22H29FN4O4S2. The molecular weight excluding hydrogens is 467 g/mol. The van der Waals surface area contributed by atoms with Crippen molar-refractivity contribution in [2.45, 2.75) is 55.8 Å². The van der Waals surface area contributed by atoms with Crippen molar-refractivity contribution in [3.05, 3.63) is 54.0 Å². The van der Waals surface area contributed by atoms with Gasteiger partial charge >= 0.3 is 0 Å². The fraction of sp³-hybridized carbons (Fsp3) is 0.500. The number of halogens is 1. The van der Waals surface area contributed by atoms with Gasteiger partial charge in [0.1, 0.15) is 5.82 Å². The number of anilines is 1. The quantitative estimate of drug-likeness (QED) is 0.603. The van der Waals surface area contributed by atoms with Crippen LogP contribution < -0.4 is 5.32 Å². The minimum absolute atomic E-state index is 0.0195. The van der Waals surface area contributed by atoms with Crippen molar-refractivity contribution in [2.75, 3.05) is 24.7 Å². The zero-order valence-electron chi connectivity index (χ0n) is 18.5. The van der Waals surface area contributed by atoms with E-state index in [-0.39, 0.29) is 29.5 Å². The van der Waals surface area contributed by atoms with Gasteiger partial charge in [0.05, 0.1) is 18.1 Å². The molecule has 8 nitrogen and oxygen atoms in total. The van der Waals surface area contributed by atoms with Crippen LogP contribution in [0.4, 0.5) is 10.1 Å². The fourth-order valence-corrected chi connectivity index (χ4v) is 6.62. The third-order valence-corrected chi connectivity index (χ3v) is 9.45. The van der Waals surface area contributed by atoms with Gasteiger partial charge in [-0.1, -0.05) is 18.6 Å². The molecule has 2 heterocycles. The van der Waals surface area contributed by atoms with E-state index in [9.17, 15) is 21.2 Å². The summed E-state index contributed by atoms with van der Waals surface area (Å²) in [6.45, 7) is 1.08. The lowest BCUT2D eigenvalue weighted by Gasteiger charge is -2.36. The van der Waals surface area contributed by atoms with Crippen LogP contribution in [0.15, 0.2) is 47.6 Å². The normalized spacial score (nSPS) is 18.9. The Morgan fingerprint density at radius 2 is 1.70 bits per heavy atom. The molecule has 11 heteroatoms. The van der Waals surface area contributed by atoms with Crippen LogP contribution in [-0.4, -0.2) is 61.9 Å². The third kappa shape index (κ3) is 5.71. The maximum Gasteiger partial charge on any atom is 0.261 e. The fourth-order valence-electron chi connectivity index (χ4n) is 4.16. The van der Waals surface area contributed by atoms with Crippen molar-refractivity contribution in [1.29, 1.82) is 0 Å². The second-order valence-corrected chi connectivity index (χ2v) is 12.5. The summed E-state index contributed by atoms with van der Waals surface area (Å²) in [6.07, 6.45) is 6.63. The molecule has 0 radical (unpaired) electrons. The highest BCUT2D eigenvalue weighted by Crippen LogP contribution is 2.31. The number of hydrogen-bond donors (Lipinski definition) is 1. The average Bonchev–Trinajstić information content (AvgIpc) is 2.74. The standard InChI is InChI=1S/C22H29FN4O4S2/c1-32(28,29)26-13-11-19(12-14-26)25-20-9-10-22(24-15-20)33(30,31)27(21-3-2-4-21)16-17-5-7-18(23)8-6-17/h5-10,15,19,21,25H,2-4,11-14,16H2,1H3. The Bertz CT molecular complexity index is 1160. The van der Waals surface area contributed by atoms with E-state index in [1.165, 1.54) is 39.3 Å². The summed E-state index contributed by atoms with van der Waals surface area (Å²) in [5, 5.41) is 3.30. The molecule has 0 atom stereocenters. The van der Waals surface area contributed by atoms with Crippen LogP contribution in [0.1, 0.15) is 37.7 Å². The molecule has 1 saturated heterocycles. The van der Waals surface area contributed by atoms with Gasteiger partial charge in [-0.2, -0.15) is 4.31 Å². The van der Waals surface area contributed by atoms with Gasteiger partial charge in [-0.05, 0) is 55.5 Å². The van der Waals surface area contributed by atoms with Gasteiger partial charge < -0.3 is 5.32 Å². The van der Waals surface area contributed by atoms with Crippen LogP contribution in [0.2, 0.25) is 0 Å². The van der Waals surface area contributed by atoms with Crippen LogP contribution in [0.5, 0.6) is 0 Å². The summed E-state index contributed by atoms with van der Waals surface area (Å²) < 4.78 is 66.3. The molecule has 1 aromatic heterocycles. The van der Waals surface area contributed by atoms with Crippen molar-refractivity contribution < 1.29 is 21.2 Å². The van der Waals surface area contributed by atoms with Crippen LogP contribution in [0, 0.1) is 5.82 Å². The summed E-state index contributed by atoms with van der Waals surface area (Å²) >= 11 is 0. The number of rotatable bonds is 8. The number of nitrogens with one attached hydrogen (secondary N) is 1. The van der Waals surface area contributed by atoms with Gasteiger partial charge in [0.15, 0.2) is 5.03 Å². The lowest BCUT2D eigenvalue weighted by Crippen LogP contribution is -2.43. The predicted octanol–water partition coefficient (Wildman–Crippen LogP) is 2.80. The predicted molar refractivity (Wildman–Crippen MR) is 124 cm³/mol. The molecule has 2 aromatic rings. The Hall–Kier alpha value is -2.08. The molecule has 0 spiro atoms. The first-order valence-corrected chi connectivity index (χ1v) is 14.4. The van der Waals surface area contributed by atoms with Crippen LogP contribution in [0.25, 0.3) is 0 Å². The number of sulfonamides is 2. The Kier molecular flexibility index (Phi) is 7.04. The summed E-state index contributed by atoms with van der Waals surface area (Å²) in [4.78, 5) is 4.23. The lowest BCUT2D eigenvalue weighted by atomic mass is 9.93. The van der Waals surface area contributed by atoms with Gasteiger partial charge in [-0.25, -0.2) is 30.5 Å². The van der Waals surface area contributed by atoms with Crippen molar-refractivity contribution in [3.63, 3.8) is 0 Å². The molecule has 1 saturated carbocycles. The summed E-state index contributed by atoms with van der Waals surface area (Å²) in [6, 6.07) is 9.08. The first-order valence-electron chi connectivity index (χ1n) is 11.1. The molecule has 2 fully saturated rings. The third-order valence-electron chi connectivity index (χ3n) is 6.34. The van der Waals surface area contributed by atoms with E-state index in [1.54, 1.807) is 18.2 Å². The minimum Gasteiger partial charge on any atom is -0.381 e. The molecule has 0 bridgehead atoms. The molecule has 1 aliphatic heterocycles. The number of benzene rings is 1.